The van der Waals surface area contributed by atoms with Crippen molar-refractivity contribution in [1.29, 1.82) is 0 Å². The zero-order chi connectivity index (χ0) is 20.6. The van der Waals surface area contributed by atoms with E-state index < -0.39 is 17.8 Å². The Balaban J connectivity index is 1.75. The lowest BCUT2D eigenvalue weighted by Gasteiger charge is -2.14. The average molecular weight is 473 g/mol. The molecule has 3 heterocycles. The quantitative estimate of drug-likeness (QED) is 0.528. The van der Waals surface area contributed by atoms with E-state index in [0.717, 1.165) is 30.1 Å². The van der Waals surface area contributed by atoms with Crippen LogP contribution < -0.4 is 21.1 Å². The lowest BCUT2D eigenvalue weighted by Crippen LogP contribution is -2.21. The second-order valence-corrected chi connectivity index (χ2v) is 7.51. The molecule has 0 spiro atoms. The molecule has 2 aromatic heterocycles. The Labute approximate surface area is 170 Å². The largest absolute Gasteiger partial charge is 0.573 e. The number of anilines is 1. The summed E-state index contributed by atoms with van der Waals surface area (Å²) < 4.78 is 44.1. The van der Waals surface area contributed by atoms with Gasteiger partial charge in [-0.05, 0) is 43.6 Å². The van der Waals surface area contributed by atoms with Crippen LogP contribution in [0.3, 0.4) is 0 Å². The number of benzene rings is 1. The lowest BCUT2D eigenvalue weighted by molar-refractivity contribution is -0.274. The van der Waals surface area contributed by atoms with Gasteiger partial charge >= 0.3 is 12.1 Å². The van der Waals surface area contributed by atoms with Crippen LogP contribution in [0.5, 0.6) is 5.75 Å². The number of rotatable bonds is 5. The van der Waals surface area contributed by atoms with Gasteiger partial charge in [0.1, 0.15) is 5.52 Å². The van der Waals surface area contributed by atoms with Crippen molar-refractivity contribution in [3.8, 4) is 11.4 Å². The van der Waals surface area contributed by atoms with Crippen LogP contribution >= 0.6 is 15.9 Å². The van der Waals surface area contributed by atoms with E-state index in [1.807, 2.05) is 0 Å². The number of nitrogens with one attached hydrogen (secondary N) is 3. The van der Waals surface area contributed by atoms with Gasteiger partial charge < -0.3 is 20.4 Å². The molecule has 1 saturated heterocycles. The smallest absolute Gasteiger partial charge is 0.404 e. The summed E-state index contributed by atoms with van der Waals surface area (Å²) in [7, 11) is 0. The maximum Gasteiger partial charge on any atom is 0.573 e. The molecule has 0 radical (unpaired) electrons. The molecule has 8 nitrogen and oxygen atoms in total. The van der Waals surface area contributed by atoms with E-state index in [0.29, 0.717) is 22.5 Å². The van der Waals surface area contributed by atoms with Crippen molar-refractivity contribution in [3.63, 3.8) is 0 Å². The van der Waals surface area contributed by atoms with Crippen LogP contribution in [-0.2, 0) is 0 Å². The lowest BCUT2D eigenvalue weighted by atomic mass is 10.1. The summed E-state index contributed by atoms with van der Waals surface area (Å²) >= 11 is 3.21. The van der Waals surface area contributed by atoms with Gasteiger partial charge in [0.15, 0.2) is 11.4 Å². The van der Waals surface area contributed by atoms with Crippen molar-refractivity contribution in [1.82, 2.24) is 24.8 Å². The van der Waals surface area contributed by atoms with Gasteiger partial charge in [0.05, 0.1) is 11.9 Å². The van der Waals surface area contributed by atoms with E-state index >= 15 is 0 Å². The third kappa shape index (κ3) is 4.37. The number of imidazole rings is 1. The minimum Gasteiger partial charge on any atom is -0.404 e. The normalized spacial score (nSPS) is 17.0. The Bertz CT molecular complexity index is 1090. The minimum absolute atomic E-state index is 0.0995. The number of halogens is 4. The van der Waals surface area contributed by atoms with Crippen molar-refractivity contribution < 1.29 is 17.9 Å². The van der Waals surface area contributed by atoms with Crippen LogP contribution in [0.2, 0.25) is 0 Å². The molecule has 1 aromatic carbocycles. The molecule has 1 aliphatic rings. The predicted octanol–water partition coefficient (Wildman–Crippen LogP) is 2.79. The Morgan fingerprint density at radius 1 is 1.38 bits per heavy atom. The molecule has 12 heteroatoms. The zero-order valence-corrected chi connectivity index (χ0v) is 16.5. The Morgan fingerprint density at radius 3 is 2.93 bits per heavy atom. The van der Waals surface area contributed by atoms with Crippen LogP contribution in [0.1, 0.15) is 6.42 Å². The summed E-state index contributed by atoms with van der Waals surface area (Å²) in [5.74, 6) is 0.193. The van der Waals surface area contributed by atoms with Crippen LogP contribution in [0.4, 0.5) is 19.1 Å². The molecular weight excluding hydrogens is 457 g/mol. The molecule has 29 heavy (non-hydrogen) atoms. The summed E-state index contributed by atoms with van der Waals surface area (Å²) in [4.78, 5) is 23.6. The summed E-state index contributed by atoms with van der Waals surface area (Å²) in [6, 6.07) is 3.88. The van der Waals surface area contributed by atoms with Crippen molar-refractivity contribution in [3.05, 3.63) is 39.4 Å². The molecule has 154 valence electrons. The molecule has 1 aliphatic heterocycles. The Kier molecular flexibility index (Phi) is 5.21. The first-order valence-corrected chi connectivity index (χ1v) is 9.57. The van der Waals surface area contributed by atoms with E-state index in [1.165, 1.54) is 18.3 Å². The van der Waals surface area contributed by atoms with Gasteiger partial charge in [0.25, 0.3) is 0 Å². The summed E-state index contributed by atoms with van der Waals surface area (Å²) in [6.45, 7) is 2.49. The molecule has 0 saturated carbocycles. The zero-order valence-electron chi connectivity index (χ0n) is 14.9. The average Bonchev–Trinajstić information content (AvgIpc) is 3.27. The third-order valence-electron chi connectivity index (χ3n) is 4.52. The fraction of sp³-hybridized carbons (Fsp3) is 0.353. The number of aromatic amines is 1. The number of nitrogens with zero attached hydrogens (tertiary/aromatic N) is 3. The molecule has 1 fully saturated rings. The Morgan fingerprint density at radius 2 is 2.21 bits per heavy atom. The number of hydrogen-bond acceptors (Lipinski definition) is 6. The van der Waals surface area contributed by atoms with Crippen molar-refractivity contribution in [2.45, 2.75) is 12.8 Å². The first-order valence-electron chi connectivity index (χ1n) is 8.78. The fourth-order valence-corrected chi connectivity index (χ4v) is 3.56. The van der Waals surface area contributed by atoms with Gasteiger partial charge in [-0.15, -0.1) is 13.2 Å². The fourth-order valence-electron chi connectivity index (χ4n) is 3.21. The molecule has 0 aliphatic carbocycles. The summed E-state index contributed by atoms with van der Waals surface area (Å²) in [5.41, 5.74) is -0.322. The highest BCUT2D eigenvalue weighted by Gasteiger charge is 2.33. The third-order valence-corrected chi connectivity index (χ3v) is 5.02. The van der Waals surface area contributed by atoms with Crippen LogP contribution in [0.25, 0.3) is 16.9 Å². The molecule has 1 atom stereocenters. The van der Waals surface area contributed by atoms with Gasteiger partial charge in [-0.1, -0.05) is 15.9 Å². The maximum absolute atomic E-state index is 12.8. The summed E-state index contributed by atoms with van der Waals surface area (Å²) in [6.07, 6.45) is -2.46. The molecule has 0 bridgehead atoms. The van der Waals surface area contributed by atoms with Gasteiger partial charge in [-0.2, -0.15) is 4.98 Å². The first kappa shape index (κ1) is 19.7. The molecule has 3 N–H and O–H groups in total. The van der Waals surface area contributed by atoms with Crippen LogP contribution in [0, 0.1) is 5.92 Å². The van der Waals surface area contributed by atoms with Gasteiger partial charge in [0.2, 0.25) is 5.95 Å². The SMILES string of the molecule is O=c1[nH]c2cnc(NC[C@@H]3CCNC3)nc2n1-c1cc(Br)ccc1OC(F)(F)F. The van der Waals surface area contributed by atoms with E-state index in [-0.39, 0.29) is 17.3 Å². The molecule has 0 unspecified atom stereocenters. The highest BCUT2D eigenvalue weighted by atomic mass is 79.9. The maximum atomic E-state index is 12.8. The number of fused-ring (bicyclic) bond motifs is 1. The van der Waals surface area contributed by atoms with E-state index in [2.05, 4.69) is 46.3 Å². The van der Waals surface area contributed by atoms with Crippen molar-refractivity contribution in [2.24, 2.45) is 5.92 Å². The molecule has 3 aromatic rings. The highest BCUT2D eigenvalue weighted by Crippen LogP contribution is 2.32. The number of hydrogen-bond donors (Lipinski definition) is 3. The second kappa shape index (κ2) is 7.67. The predicted molar refractivity (Wildman–Crippen MR) is 103 cm³/mol. The number of ether oxygens (including phenoxy) is 1. The standard InChI is InChI=1S/C17H16BrF3N6O2/c18-10-1-2-13(29-17(19,20)21)12(5-10)27-14-11(25-16(27)28)8-24-15(26-14)23-7-9-3-4-22-6-9/h1-2,5,8-9,22H,3-4,6-7H2,(H,25,28)(H,23,24,26)/t9-/m1/s1. The monoisotopic (exact) mass is 472 g/mol. The second-order valence-electron chi connectivity index (χ2n) is 6.60. The summed E-state index contributed by atoms with van der Waals surface area (Å²) in [5, 5.41) is 6.38. The number of aromatic nitrogens is 4. The van der Waals surface area contributed by atoms with Gasteiger partial charge in [-0.3, -0.25) is 0 Å². The van der Waals surface area contributed by atoms with E-state index in [4.69, 9.17) is 0 Å². The highest BCUT2D eigenvalue weighted by molar-refractivity contribution is 9.10. The van der Waals surface area contributed by atoms with Crippen LogP contribution in [-0.4, -0.2) is 45.5 Å². The van der Waals surface area contributed by atoms with E-state index in [1.54, 1.807) is 0 Å². The van der Waals surface area contributed by atoms with Crippen molar-refractivity contribution in [2.75, 3.05) is 25.0 Å². The Hall–Kier alpha value is -2.60. The van der Waals surface area contributed by atoms with E-state index in [9.17, 15) is 18.0 Å². The number of alkyl halides is 3. The van der Waals surface area contributed by atoms with Crippen molar-refractivity contribution >= 4 is 33.0 Å². The minimum atomic E-state index is -4.91. The van der Waals surface area contributed by atoms with Crippen LogP contribution in [0.15, 0.2) is 33.7 Å². The van der Waals surface area contributed by atoms with Gasteiger partial charge in [-0.25, -0.2) is 14.3 Å². The molecule has 0 amide bonds. The van der Waals surface area contributed by atoms with Gasteiger partial charge in [0, 0.05) is 11.0 Å². The molecular formula is C17H16BrF3N6O2. The topological polar surface area (TPSA) is 96.9 Å². The first-order chi connectivity index (χ1) is 13.8. The molecule has 4 rings (SSSR count). The number of H-pyrrole nitrogens is 1.